The van der Waals surface area contributed by atoms with Gasteiger partial charge in [-0.25, -0.2) is 4.68 Å². The highest BCUT2D eigenvalue weighted by molar-refractivity contribution is 6.33. The first-order valence-corrected chi connectivity index (χ1v) is 10.2. The summed E-state index contributed by atoms with van der Waals surface area (Å²) >= 11 is 6.51. The zero-order valence-corrected chi connectivity index (χ0v) is 17.6. The van der Waals surface area contributed by atoms with E-state index in [1.54, 1.807) is 4.68 Å². The van der Waals surface area contributed by atoms with Crippen molar-refractivity contribution in [3.05, 3.63) is 52.3 Å². The van der Waals surface area contributed by atoms with Gasteiger partial charge in [-0.3, -0.25) is 9.69 Å². The van der Waals surface area contributed by atoms with Crippen molar-refractivity contribution in [1.82, 2.24) is 20.0 Å². The Hall–Kier alpha value is -1.89. The maximum atomic E-state index is 12.9. The lowest BCUT2D eigenvalue weighted by molar-refractivity contribution is 0.00672. The van der Waals surface area contributed by atoms with Crippen molar-refractivity contribution in [2.45, 2.75) is 33.4 Å². The van der Waals surface area contributed by atoms with Gasteiger partial charge in [-0.15, -0.1) is 0 Å². The zero-order valence-electron chi connectivity index (χ0n) is 16.8. The summed E-state index contributed by atoms with van der Waals surface area (Å²) in [5.41, 5.74) is 2.19. The molecular weight excluding hydrogens is 376 g/mol. The van der Waals surface area contributed by atoms with Gasteiger partial charge in [0.25, 0.3) is 5.91 Å². The van der Waals surface area contributed by atoms with Crippen LogP contribution in [-0.2, 0) is 11.3 Å². The number of amides is 1. The quantitative estimate of drug-likeness (QED) is 0.770. The van der Waals surface area contributed by atoms with Gasteiger partial charge in [0.15, 0.2) is 0 Å². The van der Waals surface area contributed by atoms with Gasteiger partial charge in [0, 0.05) is 25.7 Å². The van der Waals surface area contributed by atoms with Crippen molar-refractivity contribution in [2.24, 2.45) is 5.92 Å². The highest BCUT2D eigenvalue weighted by Gasteiger charge is 2.26. The molecule has 1 aromatic carbocycles. The Morgan fingerprint density at radius 2 is 1.93 bits per heavy atom. The summed E-state index contributed by atoms with van der Waals surface area (Å²) in [6.45, 7) is 10.6. The van der Waals surface area contributed by atoms with Gasteiger partial charge in [-0.05, 0) is 18.4 Å². The molecule has 7 heteroatoms. The molecule has 1 unspecified atom stereocenters. The maximum Gasteiger partial charge on any atom is 0.256 e. The fourth-order valence-electron chi connectivity index (χ4n) is 3.65. The first kappa shape index (κ1) is 20.8. The smallest absolute Gasteiger partial charge is 0.256 e. The third-order valence-electron chi connectivity index (χ3n) is 5.22. The molecule has 0 saturated carbocycles. The Balaban J connectivity index is 1.68. The molecule has 1 fully saturated rings. The van der Waals surface area contributed by atoms with Crippen LogP contribution in [0.25, 0.3) is 0 Å². The van der Waals surface area contributed by atoms with Crippen LogP contribution in [0, 0.1) is 12.8 Å². The fourth-order valence-corrected chi connectivity index (χ4v) is 3.97. The monoisotopic (exact) mass is 404 g/mol. The van der Waals surface area contributed by atoms with Crippen LogP contribution in [0.15, 0.2) is 30.3 Å². The van der Waals surface area contributed by atoms with Crippen LogP contribution < -0.4 is 5.32 Å². The van der Waals surface area contributed by atoms with Crippen LogP contribution >= 0.6 is 11.6 Å². The number of carbonyl (C=O) groups is 1. The summed E-state index contributed by atoms with van der Waals surface area (Å²) in [5.74, 6) is 0.261. The lowest BCUT2D eigenvalue weighted by atomic mass is 10.0. The number of halogens is 1. The first-order chi connectivity index (χ1) is 13.5. The Bertz CT molecular complexity index is 785. The van der Waals surface area contributed by atoms with Crippen LogP contribution in [0.4, 0.5) is 0 Å². The Morgan fingerprint density at radius 1 is 1.25 bits per heavy atom. The minimum absolute atomic E-state index is 0.166. The molecule has 0 radical (unpaired) electrons. The van der Waals surface area contributed by atoms with E-state index in [9.17, 15) is 4.79 Å². The third-order valence-corrected chi connectivity index (χ3v) is 5.61. The predicted octanol–water partition coefficient (Wildman–Crippen LogP) is 2.98. The molecular formula is C21H29ClN4O2. The van der Waals surface area contributed by atoms with E-state index in [0.29, 0.717) is 35.4 Å². The predicted molar refractivity (Wildman–Crippen MR) is 111 cm³/mol. The number of nitrogens with zero attached hydrogens (tertiary/aromatic N) is 3. The standard InChI is InChI=1S/C21H29ClN4O2/c1-15(2)18(25-9-11-28-12-10-25)13-23-21(27)19-16(3)24-26(20(19)22)14-17-7-5-4-6-8-17/h4-8,15,18H,9-14H2,1-3H3,(H,23,27). The lowest BCUT2D eigenvalue weighted by Gasteiger charge is -2.36. The third kappa shape index (κ3) is 4.93. The van der Waals surface area contributed by atoms with Crippen LogP contribution in [0.2, 0.25) is 5.15 Å². The van der Waals surface area contributed by atoms with Crippen molar-refractivity contribution < 1.29 is 9.53 Å². The molecule has 0 bridgehead atoms. The largest absolute Gasteiger partial charge is 0.379 e. The molecule has 6 nitrogen and oxygen atoms in total. The summed E-state index contributed by atoms with van der Waals surface area (Å²) in [4.78, 5) is 15.3. The van der Waals surface area contributed by atoms with E-state index in [2.05, 4.69) is 29.2 Å². The van der Waals surface area contributed by atoms with Crippen LogP contribution in [0.3, 0.4) is 0 Å². The number of nitrogens with one attached hydrogen (secondary N) is 1. The number of aromatic nitrogens is 2. The van der Waals surface area contributed by atoms with Gasteiger partial charge in [0.1, 0.15) is 5.15 Å². The van der Waals surface area contributed by atoms with Crippen molar-refractivity contribution in [1.29, 1.82) is 0 Å². The highest BCUT2D eigenvalue weighted by Crippen LogP contribution is 2.21. The minimum Gasteiger partial charge on any atom is -0.379 e. The number of benzene rings is 1. The Labute approximate surface area is 171 Å². The van der Waals surface area contributed by atoms with Crippen molar-refractivity contribution in [3.63, 3.8) is 0 Å². The Kier molecular flexibility index (Phi) is 7.10. The first-order valence-electron chi connectivity index (χ1n) is 9.84. The Morgan fingerprint density at radius 3 is 2.57 bits per heavy atom. The van der Waals surface area contributed by atoms with E-state index >= 15 is 0 Å². The second-order valence-electron chi connectivity index (χ2n) is 7.56. The molecule has 152 valence electrons. The summed E-state index contributed by atoms with van der Waals surface area (Å²) in [6.07, 6.45) is 0. The highest BCUT2D eigenvalue weighted by atomic mass is 35.5. The number of carbonyl (C=O) groups excluding carboxylic acids is 1. The van der Waals surface area contributed by atoms with Gasteiger partial charge in [-0.2, -0.15) is 5.10 Å². The molecule has 2 heterocycles. The molecule has 1 aliphatic rings. The van der Waals surface area contributed by atoms with E-state index in [1.807, 2.05) is 37.3 Å². The van der Waals surface area contributed by atoms with E-state index < -0.39 is 0 Å². The topological polar surface area (TPSA) is 59.4 Å². The number of morpholine rings is 1. The molecule has 1 aliphatic heterocycles. The van der Waals surface area contributed by atoms with E-state index in [-0.39, 0.29) is 11.9 Å². The molecule has 1 aromatic heterocycles. The number of aryl methyl sites for hydroxylation is 1. The zero-order chi connectivity index (χ0) is 20.1. The van der Waals surface area contributed by atoms with Crippen molar-refractivity contribution in [2.75, 3.05) is 32.8 Å². The number of hydrogen-bond donors (Lipinski definition) is 1. The van der Waals surface area contributed by atoms with E-state index in [1.165, 1.54) is 0 Å². The summed E-state index contributed by atoms with van der Waals surface area (Å²) < 4.78 is 7.13. The molecule has 1 atom stereocenters. The summed E-state index contributed by atoms with van der Waals surface area (Å²) in [6, 6.07) is 10.2. The van der Waals surface area contributed by atoms with Gasteiger partial charge in [0.05, 0.1) is 31.0 Å². The fraction of sp³-hybridized carbons (Fsp3) is 0.524. The van der Waals surface area contributed by atoms with Crippen LogP contribution in [-0.4, -0.2) is 59.5 Å². The van der Waals surface area contributed by atoms with Crippen molar-refractivity contribution in [3.8, 4) is 0 Å². The van der Waals surface area contributed by atoms with Gasteiger partial charge in [0.2, 0.25) is 0 Å². The van der Waals surface area contributed by atoms with Gasteiger partial charge < -0.3 is 10.1 Å². The van der Waals surface area contributed by atoms with Crippen LogP contribution in [0.1, 0.15) is 35.5 Å². The van der Waals surface area contributed by atoms with E-state index in [4.69, 9.17) is 16.3 Å². The number of rotatable bonds is 7. The molecule has 1 saturated heterocycles. The van der Waals surface area contributed by atoms with Gasteiger partial charge >= 0.3 is 0 Å². The average Bonchev–Trinajstić information content (AvgIpc) is 2.96. The lowest BCUT2D eigenvalue weighted by Crippen LogP contribution is -2.51. The maximum absolute atomic E-state index is 12.9. The summed E-state index contributed by atoms with van der Waals surface area (Å²) in [7, 11) is 0. The molecule has 0 spiro atoms. The van der Waals surface area contributed by atoms with Crippen molar-refractivity contribution >= 4 is 17.5 Å². The molecule has 1 amide bonds. The molecule has 1 N–H and O–H groups in total. The minimum atomic E-state index is -0.166. The SMILES string of the molecule is Cc1nn(Cc2ccccc2)c(Cl)c1C(=O)NCC(C(C)C)N1CCOCC1. The second kappa shape index (κ2) is 9.54. The normalized spacial score (nSPS) is 16.3. The molecule has 3 rings (SSSR count). The van der Waals surface area contributed by atoms with Gasteiger partial charge in [-0.1, -0.05) is 55.8 Å². The van der Waals surface area contributed by atoms with E-state index in [0.717, 1.165) is 31.9 Å². The number of hydrogen-bond acceptors (Lipinski definition) is 4. The second-order valence-corrected chi connectivity index (χ2v) is 7.92. The number of ether oxygens (including phenoxy) is 1. The summed E-state index contributed by atoms with van der Waals surface area (Å²) in [5, 5.41) is 7.93. The molecule has 0 aliphatic carbocycles. The molecule has 28 heavy (non-hydrogen) atoms. The van der Waals surface area contributed by atoms with Crippen LogP contribution in [0.5, 0.6) is 0 Å². The average molecular weight is 405 g/mol. The molecule has 2 aromatic rings.